The molecule has 1 fully saturated rings. The van der Waals surface area contributed by atoms with E-state index >= 15 is 0 Å². The summed E-state index contributed by atoms with van der Waals surface area (Å²) in [6.07, 6.45) is 3.27. The van der Waals surface area contributed by atoms with Gasteiger partial charge in [-0.05, 0) is 7.05 Å². The van der Waals surface area contributed by atoms with Crippen molar-refractivity contribution < 1.29 is 4.42 Å². The highest BCUT2D eigenvalue weighted by molar-refractivity contribution is 5.00. The smallest absolute Gasteiger partial charge is 0.180 e. The minimum absolute atomic E-state index is 0.348. The average molecular weight is 167 g/mol. The second-order valence-corrected chi connectivity index (χ2v) is 3.10. The molecule has 0 saturated carbocycles. The Kier molecular flexibility index (Phi) is 2.10. The van der Waals surface area contributed by atoms with E-state index in [2.05, 4.69) is 22.2 Å². The number of piperazine rings is 1. The van der Waals surface area contributed by atoms with E-state index in [1.54, 1.807) is 6.20 Å². The molecule has 1 aromatic rings. The van der Waals surface area contributed by atoms with Crippen molar-refractivity contribution >= 4 is 0 Å². The van der Waals surface area contributed by atoms with Gasteiger partial charge in [0.05, 0.1) is 12.2 Å². The molecule has 0 aromatic carbocycles. The minimum atomic E-state index is 0.348. The molecular weight excluding hydrogens is 154 g/mol. The molecule has 2 rings (SSSR count). The van der Waals surface area contributed by atoms with Gasteiger partial charge in [0, 0.05) is 19.6 Å². The molecule has 0 bridgehead atoms. The summed E-state index contributed by atoms with van der Waals surface area (Å²) in [4.78, 5) is 6.19. The Balaban J connectivity index is 2.11. The fraction of sp³-hybridized carbons (Fsp3) is 0.625. The van der Waals surface area contributed by atoms with E-state index in [0.29, 0.717) is 6.04 Å². The Morgan fingerprint density at radius 2 is 2.67 bits per heavy atom. The van der Waals surface area contributed by atoms with Crippen LogP contribution in [0.25, 0.3) is 0 Å². The lowest BCUT2D eigenvalue weighted by Gasteiger charge is -2.31. The molecule has 2 heterocycles. The van der Waals surface area contributed by atoms with Gasteiger partial charge >= 0.3 is 0 Å². The maximum absolute atomic E-state index is 5.25. The van der Waals surface area contributed by atoms with Crippen LogP contribution in [-0.2, 0) is 0 Å². The highest BCUT2D eigenvalue weighted by Crippen LogP contribution is 2.19. The maximum atomic E-state index is 5.25. The Labute approximate surface area is 71.6 Å². The number of hydrogen-bond acceptors (Lipinski definition) is 4. The molecule has 66 valence electrons. The Bertz CT molecular complexity index is 234. The van der Waals surface area contributed by atoms with Crippen LogP contribution in [-0.4, -0.2) is 36.6 Å². The maximum Gasteiger partial charge on any atom is 0.180 e. The molecule has 1 aliphatic heterocycles. The monoisotopic (exact) mass is 167 g/mol. The zero-order chi connectivity index (χ0) is 8.39. The van der Waals surface area contributed by atoms with E-state index in [1.807, 2.05) is 0 Å². The van der Waals surface area contributed by atoms with Crippen LogP contribution in [0.5, 0.6) is 0 Å². The van der Waals surface area contributed by atoms with Crippen LogP contribution in [0.15, 0.2) is 17.0 Å². The van der Waals surface area contributed by atoms with E-state index in [9.17, 15) is 0 Å². The lowest BCUT2D eigenvalue weighted by atomic mass is 10.2. The highest BCUT2D eigenvalue weighted by Gasteiger charge is 2.22. The first kappa shape index (κ1) is 7.76. The molecular formula is C8H13N3O. The summed E-state index contributed by atoms with van der Waals surface area (Å²) in [5, 5.41) is 3.32. The summed E-state index contributed by atoms with van der Waals surface area (Å²) in [6, 6.07) is 0.348. The standard InChI is InChI=1S/C8H13N3O/c1-11-3-2-9-4-7(11)8-5-10-6-12-8/h5-7,9H,2-4H2,1H3. The van der Waals surface area contributed by atoms with Gasteiger partial charge in [-0.2, -0.15) is 0 Å². The van der Waals surface area contributed by atoms with Gasteiger partial charge in [0.15, 0.2) is 6.39 Å². The van der Waals surface area contributed by atoms with Crippen LogP contribution in [0, 0.1) is 0 Å². The predicted molar refractivity (Wildman–Crippen MR) is 44.7 cm³/mol. The van der Waals surface area contributed by atoms with Gasteiger partial charge < -0.3 is 9.73 Å². The molecule has 4 nitrogen and oxygen atoms in total. The van der Waals surface area contributed by atoms with Crippen LogP contribution in [0.2, 0.25) is 0 Å². The van der Waals surface area contributed by atoms with Crippen LogP contribution in [0.3, 0.4) is 0 Å². The molecule has 1 N–H and O–H groups in total. The third-order valence-electron chi connectivity index (χ3n) is 2.29. The SMILES string of the molecule is CN1CCNCC1c1cnco1. The Hall–Kier alpha value is -0.870. The lowest BCUT2D eigenvalue weighted by molar-refractivity contribution is 0.178. The molecule has 1 saturated heterocycles. The predicted octanol–water partition coefficient (Wildman–Crippen LogP) is 0.251. The van der Waals surface area contributed by atoms with E-state index in [4.69, 9.17) is 4.42 Å². The zero-order valence-corrected chi connectivity index (χ0v) is 7.16. The largest absolute Gasteiger partial charge is 0.447 e. The van der Waals surface area contributed by atoms with Gasteiger partial charge in [-0.25, -0.2) is 4.98 Å². The number of nitrogens with one attached hydrogen (secondary N) is 1. The van der Waals surface area contributed by atoms with Gasteiger partial charge in [0.1, 0.15) is 5.76 Å². The van der Waals surface area contributed by atoms with Crippen molar-refractivity contribution in [2.24, 2.45) is 0 Å². The van der Waals surface area contributed by atoms with Gasteiger partial charge in [-0.15, -0.1) is 0 Å². The van der Waals surface area contributed by atoms with Crippen molar-refractivity contribution in [3.05, 3.63) is 18.4 Å². The van der Waals surface area contributed by atoms with Crippen LogP contribution >= 0.6 is 0 Å². The summed E-state index contributed by atoms with van der Waals surface area (Å²) < 4.78 is 5.25. The third-order valence-corrected chi connectivity index (χ3v) is 2.29. The second-order valence-electron chi connectivity index (χ2n) is 3.10. The summed E-state index contributed by atoms with van der Waals surface area (Å²) in [6.45, 7) is 3.07. The van der Waals surface area contributed by atoms with Crippen molar-refractivity contribution in [1.82, 2.24) is 15.2 Å². The molecule has 0 radical (unpaired) electrons. The van der Waals surface area contributed by atoms with E-state index < -0.39 is 0 Å². The summed E-state index contributed by atoms with van der Waals surface area (Å²) >= 11 is 0. The van der Waals surface area contributed by atoms with Gasteiger partial charge in [-0.1, -0.05) is 0 Å². The summed E-state index contributed by atoms with van der Waals surface area (Å²) in [5.41, 5.74) is 0. The number of aromatic nitrogens is 1. The van der Waals surface area contributed by atoms with Gasteiger partial charge in [-0.3, -0.25) is 4.90 Å². The van der Waals surface area contributed by atoms with E-state index in [-0.39, 0.29) is 0 Å². The van der Waals surface area contributed by atoms with E-state index in [0.717, 1.165) is 25.4 Å². The fourth-order valence-corrected chi connectivity index (χ4v) is 1.51. The number of nitrogens with zero attached hydrogens (tertiary/aromatic N) is 2. The molecule has 12 heavy (non-hydrogen) atoms. The number of rotatable bonds is 1. The Morgan fingerprint density at radius 1 is 1.75 bits per heavy atom. The first-order valence-electron chi connectivity index (χ1n) is 4.17. The van der Waals surface area contributed by atoms with Gasteiger partial charge in [0.2, 0.25) is 0 Å². The lowest BCUT2D eigenvalue weighted by Crippen LogP contribution is -2.43. The molecule has 1 aromatic heterocycles. The summed E-state index contributed by atoms with van der Waals surface area (Å²) in [5.74, 6) is 0.949. The molecule has 0 amide bonds. The molecule has 4 heteroatoms. The zero-order valence-electron chi connectivity index (χ0n) is 7.16. The third kappa shape index (κ3) is 1.35. The first-order valence-corrected chi connectivity index (χ1v) is 4.17. The topological polar surface area (TPSA) is 41.3 Å². The average Bonchev–Trinajstić information content (AvgIpc) is 2.57. The van der Waals surface area contributed by atoms with Crippen LogP contribution < -0.4 is 5.32 Å². The first-order chi connectivity index (χ1) is 5.88. The molecule has 1 unspecified atom stereocenters. The molecule has 0 aliphatic carbocycles. The summed E-state index contributed by atoms with van der Waals surface area (Å²) in [7, 11) is 2.11. The number of hydrogen-bond donors (Lipinski definition) is 1. The van der Waals surface area contributed by atoms with E-state index in [1.165, 1.54) is 6.39 Å². The Morgan fingerprint density at radius 3 is 3.33 bits per heavy atom. The second kappa shape index (κ2) is 3.25. The minimum Gasteiger partial charge on any atom is -0.447 e. The normalized spacial score (nSPS) is 25.9. The van der Waals surface area contributed by atoms with Crippen molar-refractivity contribution in [2.75, 3.05) is 26.7 Å². The van der Waals surface area contributed by atoms with Gasteiger partial charge in [0.25, 0.3) is 0 Å². The van der Waals surface area contributed by atoms with Crippen molar-refractivity contribution in [3.8, 4) is 0 Å². The highest BCUT2D eigenvalue weighted by atomic mass is 16.3. The molecule has 1 aliphatic rings. The van der Waals surface area contributed by atoms with Crippen molar-refractivity contribution in [3.63, 3.8) is 0 Å². The quantitative estimate of drug-likeness (QED) is 0.651. The van der Waals surface area contributed by atoms with Crippen LogP contribution in [0.1, 0.15) is 11.8 Å². The van der Waals surface area contributed by atoms with Crippen molar-refractivity contribution in [1.29, 1.82) is 0 Å². The number of likely N-dealkylation sites (N-methyl/N-ethyl adjacent to an activating group) is 1. The van der Waals surface area contributed by atoms with Crippen LogP contribution in [0.4, 0.5) is 0 Å². The molecule has 0 spiro atoms. The fourth-order valence-electron chi connectivity index (χ4n) is 1.51. The number of oxazole rings is 1. The molecule has 1 atom stereocenters. The van der Waals surface area contributed by atoms with Crippen molar-refractivity contribution in [2.45, 2.75) is 6.04 Å².